The first-order valence-electron chi connectivity index (χ1n) is 5.87. The number of nitrogens with zero attached hydrogens (tertiary/aromatic N) is 1. The third-order valence-corrected chi connectivity index (χ3v) is 3.68. The molecular formula is C11H13IN2O6. The fourth-order valence-corrected chi connectivity index (χ4v) is 2.48. The van der Waals surface area contributed by atoms with E-state index in [0.29, 0.717) is 3.57 Å². The van der Waals surface area contributed by atoms with Crippen LogP contribution in [0.5, 0.6) is 0 Å². The second kappa shape index (κ2) is 6.06. The largest absolute Gasteiger partial charge is 0.460 e. The van der Waals surface area contributed by atoms with Gasteiger partial charge in [-0.2, -0.15) is 0 Å². The van der Waals surface area contributed by atoms with Crippen LogP contribution in [0.1, 0.15) is 19.6 Å². The third-order valence-electron chi connectivity index (χ3n) is 2.91. The molecule has 0 bridgehead atoms. The summed E-state index contributed by atoms with van der Waals surface area (Å²) >= 11 is 1.80. The van der Waals surface area contributed by atoms with Gasteiger partial charge in [0.25, 0.3) is 5.56 Å². The fraction of sp³-hybridized carbons (Fsp3) is 0.545. The molecule has 1 saturated heterocycles. The summed E-state index contributed by atoms with van der Waals surface area (Å²) in [4.78, 5) is 36.2. The number of esters is 1. The van der Waals surface area contributed by atoms with E-state index in [9.17, 15) is 19.5 Å². The van der Waals surface area contributed by atoms with Gasteiger partial charge in [-0.05, 0) is 22.6 Å². The number of carbonyl (C=O) groups excluding carboxylic acids is 1. The molecule has 0 radical (unpaired) electrons. The number of aromatic nitrogens is 2. The van der Waals surface area contributed by atoms with Crippen molar-refractivity contribution in [2.75, 3.05) is 6.61 Å². The zero-order chi connectivity index (χ0) is 14.9. The Kier molecular flexibility index (Phi) is 4.60. The molecule has 0 saturated carbocycles. The van der Waals surface area contributed by atoms with Crippen LogP contribution in [0.2, 0.25) is 0 Å². The number of aliphatic hydroxyl groups excluding tert-OH is 1. The lowest BCUT2D eigenvalue weighted by atomic mass is 10.2. The van der Waals surface area contributed by atoms with Gasteiger partial charge in [-0.15, -0.1) is 0 Å². The normalized spacial score (nSPS) is 25.6. The van der Waals surface area contributed by atoms with Gasteiger partial charge in [0, 0.05) is 19.5 Å². The Labute approximate surface area is 126 Å². The van der Waals surface area contributed by atoms with Gasteiger partial charge in [-0.1, -0.05) is 0 Å². The number of nitrogens with one attached hydrogen (secondary N) is 1. The Morgan fingerprint density at radius 3 is 2.95 bits per heavy atom. The van der Waals surface area contributed by atoms with E-state index >= 15 is 0 Å². The first kappa shape index (κ1) is 15.2. The highest BCUT2D eigenvalue weighted by atomic mass is 127. The lowest BCUT2D eigenvalue weighted by Crippen LogP contribution is -2.33. The standard InChI is InChI=1S/C11H13IN2O6/c1-5(16)19-7-2-9(20-8(7)4-15)14-3-6(12)10(17)13-11(14)18/h3,7-9,15H,2,4H2,1H3,(H,13,17,18)/t7-,8+,9+/m0/s1. The summed E-state index contributed by atoms with van der Waals surface area (Å²) in [5.74, 6) is -0.485. The molecule has 20 heavy (non-hydrogen) atoms. The van der Waals surface area contributed by atoms with E-state index in [2.05, 4.69) is 4.98 Å². The molecule has 0 spiro atoms. The molecule has 0 amide bonds. The summed E-state index contributed by atoms with van der Waals surface area (Å²) in [7, 11) is 0. The van der Waals surface area contributed by atoms with Gasteiger partial charge >= 0.3 is 11.7 Å². The number of carbonyl (C=O) groups is 1. The van der Waals surface area contributed by atoms with Crippen LogP contribution in [0.15, 0.2) is 15.8 Å². The summed E-state index contributed by atoms with van der Waals surface area (Å²) < 4.78 is 12.1. The quantitative estimate of drug-likeness (QED) is 0.519. The highest BCUT2D eigenvalue weighted by Crippen LogP contribution is 2.29. The molecule has 2 heterocycles. The molecular weight excluding hydrogens is 383 g/mol. The van der Waals surface area contributed by atoms with Crippen molar-refractivity contribution in [2.24, 2.45) is 0 Å². The minimum absolute atomic E-state index is 0.229. The van der Waals surface area contributed by atoms with Crippen molar-refractivity contribution in [3.05, 3.63) is 30.6 Å². The number of hydrogen-bond acceptors (Lipinski definition) is 6. The Balaban J connectivity index is 2.27. The van der Waals surface area contributed by atoms with E-state index in [0.717, 1.165) is 0 Å². The molecule has 1 fully saturated rings. The number of ether oxygens (including phenoxy) is 2. The molecule has 2 rings (SSSR count). The van der Waals surface area contributed by atoms with Crippen LogP contribution in [0.4, 0.5) is 0 Å². The smallest absolute Gasteiger partial charge is 0.330 e. The maximum Gasteiger partial charge on any atom is 0.330 e. The summed E-state index contributed by atoms with van der Waals surface area (Å²) in [5, 5.41) is 9.22. The average Bonchev–Trinajstić information content (AvgIpc) is 2.75. The van der Waals surface area contributed by atoms with Crippen molar-refractivity contribution in [2.45, 2.75) is 31.8 Å². The monoisotopic (exact) mass is 396 g/mol. The first-order chi connectivity index (χ1) is 9.42. The van der Waals surface area contributed by atoms with E-state index in [-0.39, 0.29) is 13.0 Å². The van der Waals surface area contributed by atoms with Crippen molar-refractivity contribution < 1.29 is 19.4 Å². The summed E-state index contributed by atoms with van der Waals surface area (Å²) in [6.07, 6.45) is -0.419. The van der Waals surface area contributed by atoms with Crippen LogP contribution in [-0.4, -0.2) is 39.4 Å². The minimum Gasteiger partial charge on any atom is -0.460 e. The average molecular weight is 396 g/mol. The maximum atomic E-state index is 11.8. The minimum atomic E-state index is -0.700. The molecule has 3 atom stereocenters. The van der Waals surface area contributed by atoms with Gasteiger partial charge in [-0.3, -0.25) is 19.1 Å². The van der Waals surface area contributed by atoms with Gasteiger partial charge < -0.3 is 14.6 Å². The van der Waals surface area contributed by atoms with Crippen LogP contribution in [0.25, 0.3) is 0 Å². The highest BCUT2D eigenvalue weighted by molar-refractivity contribution is 14.1. The van der Waals surface area contributed by atoms with Gasteiger partial charge in [0.2, 0.25) is 0 Å². The summed E-state index contributed by atoms with van der Waals surface area (Å²) in [5.41, 5.74) is -1.08. The molecule has 1 aliphatic rings. The Morgan fingerprint density at radius 1 is 1.65 bits per heavy atom. The lowest BCUT2D eigenvalue weighted by Gasteiger charge is -2.15. The van der Waals surface area contributed by atoms with Crippen LogP contribution < -0.4 is 11.2 Å². The molecule has 2 N–H and O–H groups in total. The molecule has 1 aliphatic heterocycles. The first-order valence-corrected chi connectivity index (χ1v) is 6.94. The van der Waals surface area contributed by atoms with E-state index in [4.69, 9.17) is 9.47 Å². The van der Waals surface area contributed by atoms with E-state index < -0.39 is 35.7 Å². The molecule has 110 valence electrons. The summed E-state index contributed by atoms with van der Waals surface area (Å²) in [6, 6.07) is 0. The van der Waals surface area contributed by atoms with E-state index in [1.54, 1.807) is 22.6 Å². The molecule has 0 aliphatic carbocycles. The van der Waals surface area contributed by atoms with Crippen LogP contribution in [-0.2, 0) is 14.3 Å². The van der Waals surface area contributed by atoms with Crippen molar-refractivity contribution in [1.29, 1.82) is 0 Å². The zero-order valence-corrected chi connectivity index (χ0v) is 12.7. The van der Waals surface area contributed by atoms with Crippen molar-refractivity contribution in [3.63, 3.8) is 0 Å². The molecule has 1 aromatic rings. The van der Waals surface area contributed by atoms with Crippen LogP contribution in [0.3, 0.4) is 0 Å². The third kappa shape index (κ3) is 3.10. The number of aromatic amines is 1. The topological polar surface area (TPSA) is 111 Å². The number of hydrogen-bond donors (Lipinski definition) is 2. The number of aliphatic hydroxyl groups is 1. The number of H-pyrrole nitrogens is 1. The SMILES string of the molecule is CC(=O)O[C@H]1C[C@H](n2cc(I)c(=O)[nH]c2=O)O[C@@H]1CO. The van der Waals surface area contributed by atoms with Crippen LogP contribution >= 0.6 is 22.6 Å². The number of halogens is 1. The molecule has 0 aromatic carbocycles. The molecule has 8 nitrogen and oxygen atoms in total. The number of rotatable bonds is 3. The van der Waals surface area contributed by atoms with Gasteiger partial charge in [0.1, 0.15) is 18.4 Å². The van der Waals surface area contributed by atoms with Gasteiger partial charge in [0.15, 0.2) is 0 Å². The van der Waals surface area contributed by atoms with E-state index in [1.165, 1.54) is 17.7 Å². The second-order valence-electron chi connectivity index (χ2n) is 4.34. The summed E-state index contributed by atoms with van der Waals surface area (Å²) in [6.45, 7) is 0.931. The molecule has 0 unspecified atom stereocenters. The maximum absolute atomic E-state index is 11.8. The Hall–Kier alpha value is -1.20. The fourth-order valence-electron chi connectivity index (χ4n) is 2.05. The van der Waals surface area contributed by atoms with Crippen molar-refractivity contribution >= 4 is 28.6 Å². The zero-order valence-electron chi connectivity index (χ0n) is 10.5. The Morgan fingerprint density at radius 2 is 2.35 bits per heavy atom. The predicted molar refractivity (Wildman–Crippen MR) is 75.2 cm³/mol. The molecule has 1 aromatic heterocycles. The van der Waals surface area contributed by atoms with Crippen molar-refractivity contribution in [1.82, 2.24) is 9.55 Å². The lowest BCUT2D eigenvalue weighted by molar-refractivity contribution is -0.150. The van der Waals surface area contributed by atoms with E-state index in [1.807, 2.05) is 0 Å². The van der Waals surface area contributed by atoms with Crippen LogP contribution in [0, 0.1) is 3.57 Å². The van der Waals surface area contributed by atoms with Gasteiger partial charge in [-0.25, -0.2) is 4.79 Å². The predicted octanol–water partition coefficient (Wildman–Crippen LogP) is -0.647. The van der Waals surface area contributed by atoms with Gasteiger partial charge in [0.05, 0.1) is 10.2 Å². The highest BCUT2D eigenvalue weighted by Gasteiger charge is 2.38. The molecule has 9 heteroatoms. The van der Waals surface area contributed by atoms with Crippen molar-refractivity contribution in [3.8, 4) is 0 Å². The Bertz CT molecular complexity index is 624. The second-order valence-corrected chi connectivity index (χ2v) is 5.50.